The number of benzene rings is 1. The normalized spacial score (nSPS) is 20.2. The molecule has 0 aromatic heterocycles. The number of hydrogen-bond donors (Lipinski definition) is 2. The second kappa shape index (κ2) is 6.92. The van der Waals surface area contributed by atoms with E-state index in [2.05, 4.69) is 10.6 Å². The van der Waals surface area contributed by atoms with Crippen LogP contribution in [-0.2, 0) is 4.79 Å². The Morgan fingerprint density at radius 1 is 1.47 bits per heavy atom. The predicted octanol–water partition coefficient (Wildman–Crippen LogP) is 2.91. The largest absolute Gasteiger partial charge is 0.350 e. The summed E-state index contributed by atoms with van der Waals surface area (Å²) in [5.41, 5.74) is 1.08. The first-order chi connectivity index (χ1) is 9.15. The molecule has 4 heteroatoms. The second-order valence-corrected chi connectivity index (χ2v) is 5.67. The number of amides is 1. The molecule has 1 amide bonds. The lowest BCUT2D eigenvalue weighted by molar-refractivity contribution is -0.122. The number of carbonyl (C=O) groups excluding carboxylic acids is 1. The molecule has 2 unspecified atom stereocenters. The van der Waals surface area contributed by atoms with Gasteiger partial charge >= 0.3 is 0 Å². The maximum atomic E-state index is 11.9. The Morgan fingerprint density at radius 3 is 2.84 bits per heavy atom. The molecule has 1 saturated heterocycles. The fraction of sp³-hybridized carbons (Fsp3) is 0.533. The van der Waals surface area contributed by atoms with Gasteiger partial charge in [-0.25, -0.2) is 0 Å². The quantitative estimate of drug-likeness (QED) is 0.871. The van der Waals surface area contributed by atoms with Gasteiger partial charge in [-0.2, -0.15) is 0 Å². The highest BCUT2D eigenvalue weighted by molar-refractivity contribution is 6.30. The Bertz CT molecular complexity index is 413. The number of halogens is 1. The lowest BCUT2D eigenvalue weighted by Crippen LogP contribution is -2.27. The number of rotatable bonds is 5. The standard InChI is InChI=1S/C15H21ClN2O/c1-11(13-3-5-14(16)6-4-13)18-15(19)7-2-12-8-9-17-10-12/h3-6,11-12,17H,2,7-10H2,1H3,(H,18,19). The molecule has 2 rings (SSSR count). The Labute approximate surface area is 119 Å². The minimum Gasteiger partial charge on any atom is -0.350 e. The van der Waals surface area contributed by atoms with Gasteiger partial charge in [0, 0.05) is 11.4 Å². The minimum atomic E-state index is 0.0338. The molecule has 1 aliphatic rings. The molecule has 104 valence electrons. The monoisotopic (exact) mass is 280 g/mol. The summed E-state index contributed by atoms with van der Waals surface area (Å²) in [6.45, 7) is 4.14. The van der Waals surface area contributed by atoms with Gasteiger partial charge in [0.2, 0.25) is 5.91 Å². The molecule has 2 N–H and O–H groups in total. The molecule has 0 aliphatic carbocycles. The Kier molecular flexibility index (Phi) is 5.23. The van der Waals surface area contributed by atoms with Gasteiger partial charge < -0.3 is 10.6 Å². The van der Waals surface area contributed by atoms with Crippen LogP contribution in [0.15, 0.2) is 24.3 Å². The van der Waals surface area contributed by atoms with Crippen molar-refractivity contribution in [1.82, 2.24) is 10.6 Å². The first-order valence-corrected chi connectivity index (χ1v) is 7.28. The van der Waals surface area contributed by atoms with E-state index in [1.54, 1.807) is 0 Å². The Balaban J connectivity index is 1.76. The predicted molar refractivity (Wildman–Crippen MR) is 78.2 cm³/mol. The molecular formula is C15H21ClN2O. The SMILES string of the molecule is CC(NC(=O)CCC1CCNC1)c1ccc(Cl)cc1. The van der Waals surface area contributed by atoms with Crippen LogP contribution in [0.2, 0.25) is 5.02 Å². The molecule has 19 heavy (non-hydrogen) atoms. The zero-order valence-electron chi connectivity index (χ0n) is 11.3. The van der Waals surface area contributed by atoms with Gasteiger partial charge in [0.1, 0.15) is 0 Å². The van der Waals surface area contributed by atoms with Gasteiger partial charge in [-0.3, -0.25) is 4.79 Å². The van der Waals surface area contributed by atoms with E-state index in [0.29, 0.717) is 12.3 Å². The molecule has 3 nitrogen and oxygen atoms in total. The smallest absolute Gasteiger partial charge is 0.220 e. The molecule has 0 saturated carbocycles. The third kappa shape index (κ3) is 4.51. The molecule has 1 fully saturated rings. The number of carbonyl (C=O) groups is 1. The summed E-state index contributed by atoms with van der Waals surface area (Å²) in [4.78, 5) is 11.9. The van der Waals surface area contributed by atoms with Crippen molar-refractivity contribution >= 4 is 17.5 Å². The van der Waals surface area contributed by atoms with Gasteiger partial charge in [0.05, 0.1) is 6.04 Å². The first kappa shape index (κ1) is 14.4. The highest BCUT2D eigenvalue weighted by Crippen LogP contribution is 2.17. The molecule has 0 spiro atoms. The molecule has 0 radical (unpaired) electrons. The summed E-state index contributed by atoms with van der Waals surface area (Å²) in [6, 6.07) is 7.64. The fourth-order valence-corrected chi connectivity index (χ4v) is 2.57. The minimum absolute atomic E-state index is 0.0338. The highest BCUT2D eigenvalue weighted by atomic mass is 35.5. The van der Waals surface area contributed by atoms with Crippen molar-refractivity contribution in [3.63, 3.8) is 0 Å². The number of nitrogens with one attached hydrogen (secondary N) is 2. The van der Waals surface area contributed by atoms with Crippen LogP contribution in [0.25, 0.3) is 0 Å². The van der Waals surface area contributed by atoms with Crippen LogP contribution in [0.1, 0.15) is 37.8 Å². The summed E-state index contributed by atoms with van der Waals surface area (Å²) in [6.07, 6.45) is 2.79. The maximum Gasteiger partial charge on any atom is 0.220 e. The zero-order chi connectivity index (χ0) is 13.7. The molecule has 1 aromatic carbocycles. The van der Waals surface area contributed by atoms with Crippen molar-refractivity contribution in [3.8, 4) is 0 Å². The van der Waals surface area contributed by atoms with Crippen molar-refractivity contribution in [2.24, 2.45) is 5.92 Å². The van der Waals surface area contributed by atoms with Crippen LogP contribution in [0, 0.1) is 5.92 Å². The lowest BCUT2D eigenvalue weighted by atomic mass is 10.0. The van der Waals surface area contributed by atoms with E-state index in [-0.39, 0.29) is 11.9 Å². The van der Waals surface area contributed by atoms with Crippen LogP contribution >= 0.6 is 11.6 Å². The van der Waals surface area contributed by atoms with Crippen molar-refractivity contribution < 1.29 is 4.79 Å². The summed E-state index contributed by atoms with van der Waals surface area (Å²) in [5.74, 6) is 0.797. The van der Waals surface area contributed by atoms with Crippen molar-refractivity contribution in [2.45, 2.75) is 32.2 Å². The van der Waals surface area contributed by atoms with E-state index < -0.39 is 0 Å². The zero-order valence-corrected chi connectivity index (χ0v) is 12.0. The van der Waals surface area contributed by atoms with Crippen LogP contribution in [0.5, 0.6) is 0 Å². The maximum absolute atomic E-state index is 11.9. The van der Waals surface area contributed by atoms with Crippen LogP contribution in [0.3, 0.4) is 0 Å². The highest BCUT2D eigenvalue weighted by Gasteiger charge is 2.16. The summed E-state index contributed by atoms with van der Waals surface area (Å²) < 4.78 is 0. The third-order valence-electron chi connectivity index (χ3n) is 3.69. The van der Waals surface area contributed by atoms with E-state index in [0.717, 1.165) is 30.1 Å². The van der Waals surface area contributed by atoms with Crippen LogP contribution < -0.4 is 10.6 Å². The van der Waals surface area contributed by atoms with E-state index in [1.165, 1.54) is 6.42 Å². The summed E-state index contributed by atoms with van der Waals surface area (Å²) in [7, 11) is 0. The average molecular weight is 281 g/mol. The summed E-state index contributed by atoms with van der Waals surface area (Å²) in [5, 5.41) is 7.08. The van der Waals surface area contributed by atoms with Crippen LogP contribution in [-0.4, -0.2) is 19.0 Å². The molecular weight excluding hydrogens is 260 g/mol. The Hall–Kier alpha value is -1.06. The molecule has 1 heterocycles. The van der Waals surface area contributed by atoms with E-state index >= 15 is 0 Å². The lowest BCUT2D eigenvalue weighted by Gasteiger charge is -2.15. The van der Waals surface area contributed by atoms with Gasteiger partial charge in [0.15, 0.2) is 0 Å². The van der Waals surface area contributed by atoms with E-state index in [9.17, 15) is 4.79 Å². The second-order valence-electron chi connectivity index (χ2n) is 5.24. The van der Waals surface area contributed by atoms with Gasteiger partial charge in [-0.1, -0.05) is 23.7 Å². The van der Waals surface area contributed by atoms with Crippen molar-refractivity contribution in [3.05, 3.63) is 34.9 Å². The van der Waals surface area contributed by atoms with E-state index in [1.807, 2.05) is 31.2 Å². The van der Waals surface area contributed by atoms with Crippen molar-refractivity contribution in [1.29, 1.82) is 0 Å². The van der Waals surface area contributed by atoms with E-state index in [4.69, 9.17) is 11.6 Å². The number of hydrogen-bond acceptors (Lipinski definition) is 2. The van der Waals surface area contributed by atoms with Gasteiger partial charge in [-0.05, 0) is 56.5 Å². The topological polar surface area (TPSA) is 41.1 Å². The Morgan fingerprint density at radius 2 is 2.21 bits per heavy atom. The third-order valence-corrected chi connectivity index (χ3v) is 3.94. The van der Waals surface area contributed by atoms with Crippen molar-refractivity contribution in [2.75, 3.05) is 13.1 Å². The summed E-state index contributed by atoms with van der Waals surface area (Å²) >= 11 is 5.85. The van der Waals surface area contributed by atoms with Crippen LogP contribution in [0.4, 0.5) is 0 Å². The van der Waals surface area contributed by atoms with Gasteiger partial charge in [0.25, 0.3) is 0 Å². The fourth-order valence-electron chi connectivity index (χ4n) is 2.44. The molecule has 1 aromatic rings. The average Bonchev–Trinajstić information content (AvgIpc) is 2.90. The van der Waals surface area contributed by atoms with Gasteiger partial charge in [-0.15, -0.1) is 0 Å². The molecule has 0 bridgehead atoms. The molecule has 1 aliphatic heterocycles. The molecule has 2 atom stereocenters. The first-order valence-electron chi connectivity index (χ1n) is 6.90.